The van der Waals surface area contributed by atoms with Crippen molar-refractivity contribution < 1.29 is 4.79 Å². The molecular formula is C13H19BrN4O. The maximum Gasteiger partial charge on any atom is 0.239 e. The highest BCUT2D eigenvalue weighted by Crippen LogP contribution is 2.16. The van der Waals surface area contributed by atoms with Crippen molar-refractivity contribution in [3.05, 3.63) is 22.8 Å². The largest absolute Gasteiger partial charge is 0.353 e. The fourth-order valence-corrected chi connectivity index (χ4v) is 2.34. The SMILES string of the molecule is CNC(C)C(=O)N1CCN(c2ccc(Br)cn2)CC1. The topological polar surface area (TPSA) is 48.5 Å². The first-order valence-corrected chi connectivity index (χ1v) is 7.23. The van der Waals surface area contributed by atoms with Gasteiger partial charge in [-0.1, -0.05) is 0 Å². The number of amides is 1. The van der Waals surface area contributed by atoms with Crippen LogP contribution in [-0.4, -0.2) is 55.1 Å². The molecule has 1 aromatic rings. The number of anilines is 1. The normalized spacial score (nSPS) is 17.4. The molecule has 0 spiro atoms. The number of piperazine rings is 1. The molecule has 104 valence electrons. The van der Waals surface area contributed by atoms with Gasteiger partial charge < -0.3 is 15.1 Å². The van der Waals surface area contributed by atoms with Crippen molar-refractivity contribution in [3.8, 4) is 0 Å². The van der Waals surface area contributed by atoms with Gasteiger partial charge in [-0.15, -0.1) is 0 Å². The van der Waals surface area contributed by atoms with Crippen LogP contribution in [0.3, 0.4) is 0 Å². The number of carbonyl (C=O) groups excluding carboxylic acids is 1. The first-order chi connectivity index (χ1) is 9.11. The fourth-order valence-electron chi connectivity index (χ4n) is 2.11. The van der Waals surface area contributed by atoms with Crippen LogP contribution in [0.25, 0.3) is 0 Å². The average Bonchev–Trinajstić information content (AvgIpc) is 2.46. The van der Waals surface area contributed by atoms with Crippen LogP contribution in [-0.2, 0) is 4.79 Å². The van der Waals surface area contributed by atoms with Crippen molar-refractivity contribution in [2.24, 2.45) is 0 Å². The molecule has 19 heavy (non-hydrogen) atoms. The van der Waals surface area contributed by atoms with Crippen LogP contribution >= 0.6 is 15.9 Å². The van der Waals surface area contributed by atoms with E-state index in [-0.39, 0.29) is 11.9 Å². The minimum Gasteiger partial charge on any atom is -0.353 e. The van der Waals surface area contributed by atoms with Gasteiger partial charge in [0.1, 0.15) is 5.82 Å². The van der Waals surface area contributed by atoms with Crippen LogP contribution in [0.4, 0.5) is 5.82 Å². The lowest BCUT2D eigenvalue weighted by Crippen LogP contribution is -2.53. The molecule has 1 aliphatic rings. The van der Waals surface area contributed by atoms with E-state index in [1.54, 1.807) is 6.20 Å². The molecule has 1 aliphatic heterocycles. The number of hydrogen-bond donors (Lipinski definition) is 1. The number of likely N-dealkylation sites (N-methyl/N-ethyl adjacent to an activating group) is 1. The zero-order chi connectivity index (χ0) is 13.8. The zero-order valence-electron chi connectivity index (χ0n) is 11.3. The Morgan fingerprint density at radius 2 is 2.05 bits per heavy atom. The molecule has 6 heteroatoms. The van der Waals surface area contributed by atoms with Crippen LogP contribution in [0.2, 0.25) is 0 Å². The Morgan fingerprint density at radius 3 is 2.58 bits per heavy atom. The maximum absolute atomic E-state index is 12.0. The van der Waals surface area contributed by atoms with Crippen LogP contribution in [0.5, 0.6) is 0 Å². The number of aromatic nitrogens is 1. The van der Waals surface area contributed by atoms with Gasteiger partial charge in [-0.2, -0.15) is 0 Å². The van der Waals surface area contributed by atoms with E-state index >= 15 is 0 Å². The van der Waals surface area contributed by atoms with Gasteiger partial charge in [-0.25, -0.2) is 4.98 Å². The molecule has 0 aromatic carbocycles. The highest BCUT2D eigenvalue weighted by atomic mass is 79.9. The molecule has 1 N–H and O–H groups in total. The molecule has 1 aromatic heterocycles. The molecule has 1 saturated heterocycles. The monoisotopic (exact) mass is 326 g/mol. The van der Waals surface area contributed by atoms with Gasteiger partial charge in [0.15, 0.2) is 0 Å². The second kappa shape index (κ2) is 6.34. The van der Waals surface area contributed by atoms with E-state index in [0.717, 1.165) is 36.5 Å². The minimum absolute atomic E-state index is 0.114. The zero-order valence-corrected chi connectivity index (χ0v) is 12.9. The van der Waals surface area contributed by atoms with Crippen LogP contribution in [0, 0.1) is 0 Å². The van der Waals surface area contributed by atoms with Crippen molar-refractivity contribution in [1.29, 1.82) is 0 Å². The summed E-state index contributed by atoms with van der Waals surface area (Å²) in [5.41, 5.74) is 0. The number of nitrogens with one attached hydrogen (secondary N) is 1. The van der Waals surface area contributed by atoms with Gasteiger partial charge in [-0.05, 0) is 42.0 Å². The van der Waals surface area contributed by atoms with Gasteiger partial charge in [-0.3, -0.25) is 4.79 Å². The summed E-state index contributed by atoms with van der Waals surface area (Å²) in [6.45, 7) is 5.06. The van der Waals surface area contributed by atoms with Crippen molar-refractivity contribution in [3.63, 3.8) is 0 Å². The molecule has 1 amide bonds. The van der Waals surface area contributed by atoms with Crippen molar-refractivity contribution in [2.75, 3.05) is 38.1 Å². The first kappa shape index (κ1) is 14.3. The van der Waals surface area contributed by atoms with Crippen LogP contribution in [0.1, 0.15) is 6.92 Å². The third-order valence-corrected chi connectivity index (χ3v) is 3.90. The summed E-state index contributed by atoms with van der Waals surface area (Å²) >= 11 is 3.38. The number of pyridine rings is 1. The van der Waals surface area contributed by atoms with Gasteiger partial charge in [0, 0.05) is 36.8 Å². The van der Waals surface area contributed by atoms with E-state index in [0.29, 0.717) is 0 Å². The lowest BCUT2D eigenvalue weighted by molar-refractivity contribution is -0.133. The number of nitrogens with zero attached hydrogens (tertiary/aromatic N) is 3. The Labute approximate surface area is 122 Å². The molecule has 0 radical (unpaired) electrons. The Morgan fingerprint density at radius 1 is 1.37 bits per heavy atom. The predicted molar refractivity (Wildman–Crippen MR) is 79.3 cm³/mol. The van der Waals surface area contributed by atoms with Crippen molar-refractivity contribution in [1.82, 2.24) is 15.2 Å². The number of hydrogen-bond acceptors (Lipinski definition) is 4. The summed E-state index contributed by atoms with van der Waals surface area (Å²) < 4.78 is 0.980. The van der Waals surface area contributed by atoms with E-state index in [1.165, 1.54) is 0 Å². The highest BCUT2D eigenvalue weighted by molar-refractivity contribution is 9.10. The number of halogens is 1. The van der Waals surface area contributed by atoms with E-state index in [4.69, 9.17) is 0 Å². The van der Waals surface area contributed by atoms with Crippen molar-refractivity contribution in [2.45, 2.75) is 13.0 Å². The van der Waals surface area contributed by atoms with E-state index < -0.39 is 0 Å². The lowest BCUT2D eigenvalue weighted by Gasteiger charge is -2.36. The first-order valence-electron chi connectivity index (χ1n) is 6.44. The molecule has 0 saturated carbocycles. The second-order valence-corrected chi connectivity index (χ2v) is 5.57. The highest BCUT2D eigenvalue weighted by Gasteiger charge is 2.24. The smallest absolute Gasteiger partial charge is 0.239 e. The summed E-state index contributed by atoms with van der Waals surface area (Å²) in [5, 5.41) is 2.99. The molecule has 0 bridgehead atoms. The standard InChI is InChI=1S/C13H19BrN4O/c1-10(15-2)13(19)18-7-5-17(6-8-18)12-4-3-11(14)9-16-12/h3-4,9-10,15H,5-8H2,1-2H3. The molecule has 5 nitrogen and oxygen atoms in total. The summed E-state index contributed by atoms with van der Waals surface area (Å²) in [4.78, 5) is 20.5. The second-order valence-electron chi connectivity index (χ2n) is 4.66. The van der Waals surface area contributed by atoms with Crippen molar-refractivity contribution >= 4 is 27.7 Å². The maximum atomic E-state index is 12.0. The van der Waals surface area contributed by atoms with Crippen LogP contribution < -0.4 is 10.2 Å². The quantitative estimate of drug-likeness (QED) is 0.903. The molecule has 2 rings (SSSR count). The summed E-state index contributed by atoms with van der Waals surface area (Å²) in [5.74, 6) is 1.14. The summed E-state index contributed by atoms with van der Waals surface area (Å²) in [6, 6.07) is 3.87. The van der Waals surface area contributed by atoms with Gasteiger partial charge in [0.05, 0.1) is 6.04 Å². The van der Waals surface area contributed by atoms with E-state index in [9.17, 15) is 4.79 Å². The molecule has 1 atom stereocenters. The minimum atomic E-state index is -0.114. The van der Waals surface area contributed by atoms with Gasteiger partial charge in [0.25, 0.3) is 0 Å². The van der Waals surface area contributed by atoms with Crippen LogP contribution in [0.15, 0.2) is 22.8 Å². The molecule has 1 unspecified atom stereocenters. The third-order valence-electron chi connectivity index (χ3n) is 3.43. The summed E-state index contributed by atoms with van der Waals surface area (Å²) in [6.07, 6.45) is 1.80. The molecule has 0 aliphatic carbocycles. The van der Waals surface area contributed by atoms with E-state index in [1.807, 2.05) is 31.0 Å². The van der Waals surface area contributed by atoms with E-state index in [2.05, 4.69) is 31.1 Å². The molecule has 1 fully saturated rings. The average molecular weight is 327 g/mol. The van der Waals surface area contributed by atoms with Gasteiger partial charge in [0.2, 0.25) is 5.91 Å². The Bertz CT molecular complexity index is 429. The Hall–Kier alpha value is -1.14. The molecular weight excluding hydrogens is 308 g/mol. The third kappa shape index (κ3) is 3.45. The molecule has 2 heterocycles. The lowest BCUT2D eigenvalue weighted by atomic mass is 10.2. The Kier molecular flexibility index (Phi) is 4.76. The predicted octanol–water partition coefficient (Wildman–Crippen LogP) is 1.10. The Balaban J connectivity index is 1.92. The number of rotatable bonds is 3. The number of carbonyl (C=O) groups is 1. The summed E-state index contributed by atoms with van der Waals surface area (Å²) in [7, 11) is 1.81. The van der Waals surface area contributed by atoms with Gasteiger partial charge >= 0.3 is 0 Å². The fraction of sp³-hybridized carbons (Fsp3) is 0.538.